The number of benzene rings is 2. The maximum Gasteiger partial charge on any atom is 0.253 e. The SMILES string of the molecule is CCOc1ccc(C(=O)N2CCN(CC)CC2)cc1COc1ccccc1C. The molecule has 2 aromatic carbocycles. The summed E-state index contributed by atoms with van der Waals surface area (Å²) in [5.74, 6) is 1.69. The van der Waals surface area contributed by atoms with Crippen molar-refractivity contribution in [1.82, 2.24) is 9.80 Å². The van der Waals surface area contributed by atoms with E-state index >= 15 is 0 Å². The number of para-hydroxylation sites is 1. The summed E-state index contributed by atoms with van der Waals surface area (Å²) in [5, 5.41) is 0. The van der Waals surface area contributed by atoms with Gasteiger partial charge >= 0.3 is 0 Å². The summed E-state index contributed by atoms with van der Waals surface area (Å²) in [5.41, 5.74) is 2.67. The molecule has 1 aliphatic rings. The van der Waals surface area contributed by atoms with Gasteiger partial charge in [-0.05, 0) is 50.2 Å². The molecular formula is C23H30N2O3. The molecule has 1 aliphatic heterocycles. The van der Waals surface area contributed by atoms with E-state index in [0.717, 1.165) is 55.3 Å². The van der Waals surface area contributed by atoms with Gasteiger partial charge in [0.2, 0.25) is 0 Å². The highest BCUT2D eigenvalue weighted by molar-refractivity contribution is 5.94. The molecule has 1 amide bonds. The Morgan fingerprint density at radius 1 is 0.964 bits per heavy atom. The normalized spacial score (nSPS) is 14.8. The number of amides is 1. The summed E-state index contributed by atoms with van der Waals surface area (Å²) in [6.45, 7) is 11.5. The predicted octanol–water partition coefficient (Wildman–Crippen LogP) is 3.75. The lowest BCUT2D eigenvalue weighted by Crippen LogP contribution is -2.48. The Hall–Kier alpha value is -2.53. The number of hydrogen-bond donors (Lipinski definition) is 0. The van der Waals surface area contributed by atoms with Crippen molar-refractivity contribution in [3.63, 3.8) is 0 Å². The van der Waals surface area contributed by atoms with Gasteiger partial charge in [0.25, 0.3) is 5.91 Å². The van der Waals surface area contributed by atoms with Gasteiger partial charge in [0, 0.05) is 37.3 Å². The van der Waals surface area contributed by atoms with Gasteiger partial charge in [-0.15, -0.1) is 0 Å². The minimum absolute atomic E-state index is 0.0796. The summed E-state index contributed by atoms with van der Waals surface area (Å²) in [4.78, 5) is 17.3. The fraction of sp³-hybridized carbons (Fsp3) is 0.435. The van der Waals surface area contributed by atoms with Crippen LogP contribution in [-0.2, 0) is 6.61 Å². The first kappa shape index (κ1) is 20.2. The lowest BCUT2D eigenvalue weighted by Gasteiger charge is -2.34. The zero-order valence-electron chi connectivity index (χ0n) is 17.1. The summed E-state index contributed by atoms with van der Waals surface area (Å²) in [6.07, 6.45) is 0. The minimum Gasteiger partial charge on any atom is -0.493 e. The highest BCUT2D eigenvalue weighted by atomic mass is 16.5. The third kappa shape index (κ3) is 4.84. The second kappa shape index (κ2) is 9.60. The molecule has 1 heterocycles. The van der Waals surface area contributed by atoms with Crippen LogP contribution >= 0.6 is 0 Å². The molecule has 0 aliphatic carbocycles. The molecule has 3 rings (SSSR count). The van der Waals surface area contributed by atoms with Gasteiger partial charge in [-0.25, -0.2) is 0 Å². The van der Waals surface area contributed by atoms with Crippen molar-refractivity contribution >= 4 is 5.91 Å². The van der Waals surface area contributed by atoms with Crippen molar-refractivity contribution < 1.29 is 14.3 Å². The maximum absolute atomic E-state index is 13.0. The van der Waals surface area contributed by atoms with Gasteiger partial charge in [-0.3, -0.25) is 4.79 Å². The Morgan fingerprint density at radius 2 is 1.71 bits per heavy atom. The van der Waals surface area contributed by atoms with Crippen LogP contribution in [-0.4, -0.2) is 55.0 Å². The van der Waals surface area contributed by atoms with Crippen molar-refractivity contribution in [2.75, 3.05) is 39.3 Å². The molecule has 5 nitrogen and oxygen atoms in total. The van der Waals surface area contributed by atoms with E-state index in [1.54, 1.807) is 0 Å². The number of aryl methyl sites for hydroxylation is 1. The predicted molar refractivity (Wildman–Crippen MR) is 111 cm³/mol. The van der Waals surface area contributed by atoms with Crippen LogP contribution in [0.5, 0.6) is 11.5 Å². The Bertz CT molecular complexity index is 798. The number of piperazine rings is 1. The van der Waals surface area contributed by atoms with E-state index in [9.17, 15) is 4.79 Å². The van der Waals surface area contributed by atoms with E-state index in [1.165, 1.54) is 0 Å². The number of carbonyl (C=O) groups excluding carboxylic acids is 1. The van der Waals surface area contributed by atoms with E-state index in [1.807, 2.05) is 61.2 Å². The standard InChI is InChI=1S/C23H30N2O3/c1-4-24-12-14-25(15-13-24)23(26)19-10-11-22(27-5-2)20(16-19)17-28-21-9-7-6-8-18(21)3/h6-11,16H,4-5,12-15,17H2,1-3H3. The van der Waals surface area contributed by atoms with E-state index in [-0.39, 0.29) is 5.91 Å². The van der Waals surface area contributed by atoms with Gasteiger partial charge in [0.15, 0.2) is 0 Å². The second-order valence-corrected chi connectivity index (χ2v) is 7.04. The first-order chi connectivity index (χ1) is 13.6. The average molecular weight is 383 g/mol. The molecular weight excluding hydrogens is 352 g/mol. The highest BCUT2D eigenvalue weighted by Crippen LogP contribution is 2.25. The van der Waals surface area contributed by atoms with Crippen molar-refractivity contribution in [3.05, 3.63) is 59.2 Å². The lowest BCUT2D eigenvalue weighted by atomic mass is 10.1. The van der Waals surface area contributed by atoms with Gasteiger partial charge < -0.3 is 19.3 Å². The molecule has 0 spiro atoms. The van der Waals surface area contributed by atoms with Gasteiger partial charge in [0.05, 0.1) is 6.61 Å². The molecule has 2 aromatic rings. The second-order valence-electron chi connectivity index (χ2n) is 7.04. The largest absolute Gasteiger partial charge is 0.493 e. The van der Waals surface area contributed by atoms with Crippen LogP contribution in [0.3, 0.4) is 0 Å². The fourth-order valence-electron chi connectivity index (χ4n) is 3.45. The van der Waals surface area contributed by atoms with Crippen molar-refractivity contribution in [2.45, 2.75) is 27.4 Å². The molecule has 0 atom stereocenters. The molecule has 0 radical (unpaired) electrons. The highest BCUT2D eigenvalue weighted by Gasteiger charge is 2.22. The molecule has 150 valence electrons. The Morgan fingerprint density at radius 3 is 2.39 bits per heavy atom. The van der Waals surface area contributed by atoms with E-state index in [2.05, 4.69) is 11.8 Å². The molecule has 0 N–H and O–H groups in total. The zero-order valence-corrected chi connectivity index (χ0v) is 17.1. The van der Waals surface area contributed by atoms with Crippen LogP contribution < -0.4 is 9.47 Å². The molecule has 0 bridgehead atoms. The fourth-order valence-corrected chi connectivity index (χ4v) is 3.45. The topological polar surface area (TPSA) is 42.0 Å². The van der Waals surface area contributed by atoms with Crippen molar-refractivity contribution in [1.29, 1.82) is 0 Å². The Kier molecular flexibility index (Phi) is 6.93. The van der Waals surface area contributed by atoms with Crippen LogP contribution in [0.4, 0.5) is 0 Å². The number of nitrogens with zero attached hydrogens (tertiary/aromatic N) is 2. The minimum atomic E-state index is 0.0796. The van der Waals surface area contributed by atoms with Crippen LogP contribution in [0.25, 0.3) is 0 Å². The molecule has 0 aromatic heterocycles. The summed E-state index contributed by atoms with van der Waals surface area (Å²) in [6, 6.07) is 13.6. The number of carbonyl (C=O) groups is 1. The Balaban J connectivity index is 1.75. The molecule has 0 saturated carbocycles. The average Bonchev–Trinajstić information content (AvgIpc) is 2.73. The number of hydrogen-bond acceptors (Lipinski definition) is 4. The summed E-state index contributed by atoms with van der Waals surface area (Å²) < 4.78 is 11.8. The summed E-state index contributed by atoms with van der Waals surface area (Å²) >= 11 is 0. The monoisotopic (exact) mass is 382 g/mol. The van der Waals surface area contributed by atoms with Crippen LogP contribution in [0.2, 0.25) is 0 Å². The first-order valence-electron chi connectivity index (χ1n) is 10.1. The van der Waals surface area contributed by atoms with Gasteiger partial charge in [-0.2, -0.15) is 0 Å². The maximum atomic E-state index is 13.0. The molecule has 1 fully saturated rings. The molecule has 0 unspecified atom stereocenters. The van der Waals surface area contributed by atoms with Crippen LogP contribution in [0.15, 0.2) is 42.5 Å². The molecule has 1 saturated heterocycles. The third-order valence-electron chi connectivity index (χ3n) is 5.19. The molecule has 28 heavy (non-hydrogen) atoms. The number of likely N-dealkylation sites (N-methyl/N-ethyl adjacent to an activating group) is 1. The third-order valence-corrected chi connectivity index (χ3v) is 5.19. The zero-order chi connectivity index (χ0) is 19.9. The van der Waals surface area contributed by atoms with Crippen LogP contribution in [0, 0.1) is 6.92 Å². The van der Waals surface area contributed by atoms with Crippen molar-refractivity contribution in [2.24, 2.45) is 0 Å². The van der Waals surface area contributed by atoms with Crippen molar-refractivity contribution in [3.8, 4) is 11.5 Å². The van der Waals surface area contributed by atoms with E-state index in [0.29, 0.717) is 18.8 Å². The van der Waals surface area contributed by atoms with Gasteiger partial charge in [0.1, 0.15) is 18.1 Å². The first-order valence-corrected chi connectivity index (χ1v) is 10.1. The smallest absolute Gasteiger partial charge is 0.253 e. The van der Waals surface area contributed by atoms with Gasteiger partial charge in [-0.1, -0.05) is 25.1 Å². The quantitative estimate of drug-likeness (QED) is 0.731. The number of rotatable bonds is 7. The van der Waals surface area contributed by atoms with E-state index < -0.39 is 0 Å². The molecule has 5 heteroatoms. The van der Waals surface area contributed by atoms with E-state index in [4.69, 9.17) is 9.47 Å². The number of ether oxygens (including phenoxy) is 2. The summed E-state index contributed by atoms with van der Waals surface area (Å²) in [7, 11) is 0. The lowest BCUT2D eigenvalue weighted by molar-refractivity contribution is 0.0643. The Labute approximate surface area is 167 Å². The van der Waals surface area contributed by atoms with Crippen LogP contribution in [0.1, 0.15) is 35.3 Å².